The van der Waals surface area contributed by atoms with Gasteiger partial charge in [0.1, 0.15) is 5.75 Å². The Labute approximate surface area is 120 Å². The van der Waals surface area contributed by atoms with E-state index in [0.717, 1.165) is 0 Å². The first-order valence-electron chi connectivity index (χ1n) is 6.39. The monoisotopic (exact) mass is 308 g/mol. The summed E-state index contributed by atoms with van der Waals surface area (Å²) in [5, 5.41) is 11.1. The molecule has 1 saturated carbocycles. The minimum atomic E-state index is -4.19. The molecular formula is C14H16ClF3O2. The molecule has 0 radical (unpaired) electrons. The first-order valence-corrected chi connectivity index (χ1v) is 6.77. The predicted molar refractivity (Wildman–Crippen MR) is 69.9 cm³/mol. The van der Waals surface area contributed by atoms with Crippen molar-refractivity contribution >= 4 is 11.6 Å². The Morgan fingerprint density at radius 2 is 1.90 bits per heavy atom. The summed E-state index contributed by atoms with van der Waals surface area (Å²) in [5.74, 6) is -0.893. The zero-order chi connectivity index (χ0) is 15.0. The maximum atomic E-state index is 12.7. The van der Waals surface area contributed by atoms with Gasteiger partial charge >= 0.3 is 6.18 Å². The van der Waals surface area contributed by atoms with Gasteiger partial charge in [0.25, 0.3) is 0 Å². The highest BCUT2D eigenvalue weighted by molar-refractivity contribution is 6.30. The van der Waals surface area contributed by atoms with Crippen molar-refractivity contribution < 1.29 is 23.0 Å². The SMILES string of the molecule is COc1ccc(Cl)cc1C1(O)CCC(C(F)(F)F)CC1. The van der Waals surface area contributed by atoms with Gasteiger partial charge in [-0.2, -0.15) is 13.2 Å². The summed E-state index contributed by atoms with van der Waals surface area (Å²) in [6, 6.07) is 4.80. The zero-order valence-electron chi connectivity index (χ0n) is 11.0. The molecule has 1 aliphatic carbocycles. The standard InChI is InChI=1S/C14H16ClF3O2/c1-20-12-3-2-10(15)8-11(12)13(19)6-4-9(5-7-13)14(16,17)18/h2-3,8-9,19H,4-7H2,1H3. The summed E-state index contributed by atoms with van der Waals surface area (Å²) >= 11 is 5.91. The fourth-order valence-corrected chi connectivity index (χ4v) is 2.91. The summed E-state index contributed by atoms with van der Waals surface area (Å²) in [5.41, 5.74) is -0.842. The maximum absolute atomic E-state index is 12.7. The summed E-state index contributed by atoms with van der Waals surface area (Å²) in [6.45, 7) is 0. The van der Waals surface area contributed by atoms with Crippen LogP contribution < -0.4 is 4.74 Å². The maximum Gasteiger partial charge on any atom is 0.391 e. The molecule has 112 valence electrons. The smallest absolute Gasteiger partial charge is 0.391 e. The molecule has 0 atom stereocenters. The number of halogens is 4. The van der Waals surface area contributed by atoms with Crippen molar-refractivity contribution in [3.8, 4) is 5.75 Å². The first kappa shape index (κ1) is 15.4. The second kappa shape index (κ2) is 5.45. The van der Waals surface area contributed by atoms with Crippen LogP contribution in [0.15, 0.2) is 18.2 Å². The quantitative estimate of drug-likeness (QED) is 0.883. The predicted octanol–water partition coefficient (Wildman–Crippen LogP) is 4.29. The van der Waals surface area contributed by atoms with E-state index in [1.54, 1.807) is 18.2 Å². The minimum absolute atomic E-state index is 0.0495. The van der Waals surface area contributed by atoms with Crippen molar-refractivity contribution in [3.63, 3.8) is 0 Å². The molecule has 20 heavy (non-hydrogen) atoms. The Bertz CT molecular complexity index is 480. The second-order valence-electron chi connectivity index (χ2n) is 5.19. The van der Waals surface area contributed by atoms with E-state index in [1.807, 2.05) is 0 Å². The van der Waals surface area contributed by atoms with Crippen molar-refractivity contribution in [1.29, 1.82) is 0 Å². The molecule has 0 spiro atoms. The van der Waals surface area contributed by atoms with Crippen LogP contribution in [0.1, 0.15) is 31.2 Å². The zero-order valence-corrected chi connectivity index (χ0v) is 11.8. The largest absolute Gasteiger partial charge is 0.496 e. The third-order valence-electron chi connectivity index (χ3n) is 3.94. The minimum Gasteiger partial charge on any atom is -0.496 e. The lowest BCUT2D eigenvalue weighted by Crippen LogP contribution is -2.36. The molecule has 0 aromatic heterocycles. The topological polar surface area (TPSA) is 29.5 Å². The molecule has 0 heterocycles. The first-order chi connectivity index (χ1) is 9.26. The van der Waals surface area contributed by atoms with Gasteiger partial charge in [-0.15, -0.1) is 0 Å². The van der Waals surface area contributed by atoms with Gasteiger partial charge in [0.2, 0.25) is 0 Å². The molecule has 0 saturated heterocycles. The molecule has 1 N–H and O–H groups in total. The van der Waals surface area contributed by atoms with Crippen molar-refractivity contribution in [2.24, 2.45) is 5.92 Å². The van der Waals surface area contributed by atoms with Crippen LogP contribution in [0.3, 0.4) is 0 Å². The van der Waals surface area contributed by atoms with E-state index >= 15 is 0 Å². The number of rotatable bonds is 2. The van der Waals surface area contributed by atoms with Gasteiger partial charge in [-0.1, -0.05) is 11.6 Å². The lowest BCUT2D eigenvalue weighted by molar-refractivity contribution is -0.193. The van der Waals surface area contributed by atoms with E-state index in [4.69, 9.17) is 16.3 Å². The van der Waals surface area contributed by atoms with Gasteiger partial charge in [-0.05, 0) is 43.9 Å². The molecule has 1 aromatic rings. The molecule has 1 aromatic carbocycles. The van der Waals surface area contributed by atoms with Crippen LogP contribution in [0.4, 0.5) is 13.2 Å². The van der Waals surface area contributed by atoms with E-state index in [2.05, 4.69) is 0 Å². The van der Waals surface area contributed by atoms with E-state index < -0.39 is 17.7 Å². The number of alkyl halides is 3. The molecule has 0 unspecified atom stereocenters. The van der Waals surface area contributed by atoms with Crippen molar-refractivity contribution in [2.45, 2.75) is 37.5 Å². The van der Waals surface area contributed by atoms with Gasteiger partial charge in [0.15, 0.2) is 0 Å². The molecule has 6 heteroatoms. The van der Waals surface area contributed by atoms with E-state index in [1.165, 1.54) is 7.11 Å². The van der Waals surface area contributed by atoms with Gasteiger partial charge in [-0.3, -0.25) is 0 Å². The highest BCUT2D eigenvalue weighted by Crippen LogP contribution is 2.47. The molecule has 2 rings (SSSR count). The summed E-state index contributed by atoms with van der Waals surface area (Å²) in [4.78, 5) is 0. The summed E-state index contributed by atoms with van der Waals surface area (Å²) < 4.78 is 43.2. The van der Waals surface area contributed by atoms with Crippen LogP contribution in [-0.2, 0) is 5.60 Å². The molecule has 2 nitrogen and oxygen atoms in total. The second-order valence-corrected chi connectivity index (χ2v) is 5.63. The lowest BCUT2D eigenvalue weighted by Gasteiger charge is -2.37. The van der Waals surface area contributed by atoms with Gasteiger partial charge < -0.3 is 9.84 Å². The third kappa shape index (κ3) is 3.04. The number of methoxy groups -OCH3 is 1. The molecule has 0 aliphatic heterocycles. The van der Waals surface area contributed by atoms with Crippen molar-refractivity contribution in [2.75, 3.05) is 7.11 Å². The van der Waals surface area contributed by atoms with E-state index in [0.29, 0.717) is 16.3 Å². The average Bonchev–Trinajstić information content (AvgIpc) is 2.38. The highest BCUT2D eigenvalue weighted by Gasteiger charge is 2.46. The molecule has 0 amide bonds. The van der Waals surface area contributed by atoms with Crippen LogP contribution in [0, 0.1) is 5.92 Å². The van der Waals surface area contributed by atoms with Crippen LogP contribution in [-0.4, -0.2) is 18.4 Å². The lowest BCUT2D eigenvalue weighted by atomic mass is 9.74. The number of benzene rings is 1. The summed E-state index contributed by atoms with van der Waals surface area (Å²) in [7, 11) is 1.46. The van der Waals surface area contributed by atoms with Gasteiger partial charge in [-0.25, -0.2) is 0 Å². The Hall–Kier alpha value is -0.940. The number of hydrogen-bond donors (Lipinski definition) is 1. The van der Waals surface area contributed by atoms with Crippen LogP contribution in [0.25, 0.3) is 0 Å². The number of aliphatic hydroxyl groups is 1. The Balaban J connectivity index is 2.24. The van der Waals surface area contributed by atoms with Crippen molar-refractivity contribution in [3.05, 3.63) is 28.8 Å². The average molecular weight is 309 g/mol. The molecule has 1 aliphatic rings. The fourth-order valence-electron chi connectivity index (χ4n) is 2.74. The van der Waals surface area contributed by atoms with Gasteiger partial charge in [0.05, 0.1) is 18.6 Å². The van der Waals surface area contributed by atoms with Crippen LogP contribution in [0.5, 0.6) is 5.75 Å². The molecule has 0 bridgehead atoms. The molecular weight excluding hydrogens is 293 g/mol. The van der Waals surface area contributed by atoms with E-state index in [9.17, 15) is 18.3 Å². The van der Waals surface area contributed by atoms with E-state index in [-0.39, 0.29) is 25.7 Å². The van der Waals surface area contributed by atoms with Gasteiger partial charge in [0, 0.05) is 10.6 Å². The molecule has 1 fully saturated rings. The van der Waals surface area contributed by atoms with Crippen LogP contribution >= 0.6 is 11.6 Å². The Morgan fingerprint density at radius 3 is 2.40 bits per heavy atom. The highest BCUT2D eigenvalue weighted by atomic mass is 35.5. The summed E-state index contributed by atoms with van der Waals surface area (Å²) in [6.07, 6.45) is -4.27. The third-order valence-corrected chi connectivity index (χ3v) is 4.17. The normalized spacial score (nSPS) is 27.4. The Morgan fingerprint density at radius 1 is 1.30 bits per heavy atom. The Kier molecular flexibility index (Phi) is 4.21. The van der Waals surface area contributed by atoms with Crippen LogP contribution in [0.2, 0.25) is 5.02 Å². The number of hydrogen-bond acceptors (Lipinski definition) is 2. The fraction of sp³-hybridized carbons (Fsp3) is 0.571. The number of ether oxygens (including phenoxy) is 1. The van der Waals surface area contributed by atoms with Crippen molar-refractivity contribution in [1.82, 2.24) is 0 Å².